The topological polar surface area (TPSA) is 164 Å². The van der Waals surface area contributed by atoms with Gasteiger partial charge in [-0.3, -0.25) is 0 Å². The Hall–Kier alpha value is 1.20. The SMILES string of the molecule is O=P([O-])([O-])O.[O]=[Mo](=[O])([O-])[O-].[Zr+4]. The van der Waals surface area contributed by atoms with E-state index in [0.717, 1.165) is 0 Å². The van der Waals surface area contributed by atoms with Gasteiger partial charge in [-0.1, -0.05) is 0 Å². The maximum atomic E-state index is 8.66. The molecule has 0 saturated heterocycles. The van der Waals surface area contributed by atoms with Crippen molar-refractivity contribution in [2.75, 3.05) is 0 Å². The van der Waals surface area contributed by atoms with Crippen molar-refractivity contribution < 1.29 is 76.5 Å². The summed E-state index contributed by atoms with van der Waals surface area (Å²) in [6, 6.07) is 0. The van der Waals surface area contributed by atoms with Crippen molar-refractivity contribution in [1.29, 1.82) is 0 Å². The molecular formula is HMoO8PZr. The predicted octanol–water partition coefficient (Wildman–Crippen LogP) is -4.81. The van der Waals surface area contributed by atoms with Crippen molar-refractivity contribution in [2.24, 2.45) is 0 Å². The Labute approximate surface area is 84.0 Å². The van der Waals surface area contributed by atoms with Gasteiger partial charge in [-0.15, -0.1) is 0 Å². The first-order chi connectivity index (χ1) is 4.00. The summed E-state index contributed by atoms with van der Waals surface area (Å²) in [5, 5.41) is 0. The monoisotopic (exact) mass is 348 g/mol. The molecule has 11 heavy (non-hydrogen) atoms. The van der Waals surface area contributed by atoms with E-state index >= 15 is 0 Å². The molecule has 0 heterocycles. The number of rotatable bonds is 0. The molecule has 0 aliphatic carbocycles. The fourth-order valence-corrected chi connectivity index (χ4v) is 0. The summed E-state index contributed by atoms with van der Waals surface area (Å²) in [6.07, 6.45) is 0. The molecule has 0 fully saturated rings. The summed E-state index contributed by atoms with van der Waals surface area (Å²) in [5.74, 6) is 0. The minimum atomic E-state index is -6.02. The van der Waals surface area contributed by atoms with Gasteiger partial charge in [0.25, 0.3) is 0 Å². The minimum Gasteiger partial charge on any atom is 4.00 e. The van der Waals surface area contributed by atoms with Crippen LogP contribution in [-0.4, -0.2) is 4.89 Å². The maximum Gasteiger partial charge on any atom is 4.00 e. The van der Waals surface area contributed by atoms with Crippen LogP contribution in [-0.2, 0) is 54.3 Å². The first-order valence-electron chi connectivity index (χ1n) is 1.41. The summed E-state index contributed by atoms with van der Waals surface area (Å²) in [4.78, 5) is 24.3. The van der Waals surface area contributed by atoms with E-state index < -0.39 is 24.6 Å². The first kappa shape index (κ1) is 18.1. The van der Waals surface area contributed by atoms with Gasteiger partial charge in [-0.2, -0.15) is 0 Å². The third-order valence-corrected chi connectivity index (χ3v) is 0. The van der Waals surface area contributed by atoms with Crippen molar-refractivity contribution in [3.63, 3.8) is 0 Å². The molecule has 0 aromatic rings. The summed E-state index contributed by atoms with van der Waals surface area (Å²) in [7, 11) is -5.14. The largest absolute Gasteiger partial charge is 4.00 e. The molecule has 0 aliphatic heterocycles. The van der Waals surface area contributed by atoms with Crippen LogP contribution < -0.4 is 17.3 Å². The molecule has 0 saturated carbocycles. The molecule has 0 aliphatic rings. The van der Waals surface area contributed by atoms with E-state index in [1.807, 2.05) is 0 Å². The number of hydrogen-bond acceptors (Lipinski definition) is 7. The molecule has 0 radical (unpaired) electrons. The van der Waals surface area contributed by atoms with Crippen LogP contribution in [0.2, 0.25) is 0 Å². The molecule has 0 amide bonds. The fourth-order valence-electron chi connectivity index (χ4n) is 0. The maximum absolute atomic E-state index is 8.66. The van der Waals surface area contributed by atoms with Gasteiger partial charge in [0.2, 0.25) is 0 Å². The van der Waals surface area contributed by atoms with Crippen molar-refractivity contribution in [2.45, 2.75) is 0 Å². The number of hydrogen-bond donors (Lipinski definition) is 1. The average molecular weight is 347 g/mol. The van der Waals surface area contributed by atoms with E-state index in [2.05, 4.69) is 0 Å². The molecule has 0 bridgehead atoms. The average Bonchev–Trinajstić information content (AvgIpc) is 1.12. The Morgan fingerprint density at radius 1 is 1.18 bits per heavy atom. The molecule has 1 N–H and O–H groups in total. The van der Waals surface area contributed by atoms with Crippen LogP contribution in [0.4, 0.5) is 0 Å². The molecule has 0 aromatic heterocycles. The van der Waals surface area contributed by atoms with E-state index in [0.29, 0.717) is 0 Å². The van der Waals surface area contributed by atoms with Crippen molar-refractivity contribution >= 4 is 7.82 Å². The molecule has 0 aromatic carbocycles. The van der Waals surface area contributed by atoms with E-state index in [1.165, 1.54) is 0 Å². The smallest absolute Gasteiger partial charge is 4.00 e. The Kier molecular flexibility index (Phi) is 11.0. The predicted molar refractivity (Wildman–Crippen MR) is 11.2 cm³/mol. The fraction of sp³-hybridized carbons (Fsp3) is 0. The van der Waals surface area contributed by atoms with Crippen LogP contribution in [0.1, 0.15) is 0 Å². The zero-order chi connectivity index (χ0) is 9.00. The van der Waals surface area contributed by atoms with Gasteiger partial charge < -0.3 is 19.2 Å². The second-order valence-electron chi connectivity index (χ2n) is 0.877. The molecule has 0 spiro atoms. The van der Waals surface area contributed by atoms with E-state index in [1.54, 1.807) is 0 Å². The quantitative estimate of drug-likeness (QED) is 0.337. The van der Waals surface area contributed by atoms with Crippen molar-refractivity contribution in [3.05, 3.63) is 0 Å². The summed E-state index contributed by atoms with van der Waals surface area (Å²) >= 11 is -6.02. The number of phosphoric acid groups is 1. The summed E-state index contributed by atoms with van der Waals surface area (Å²) in [6.45, 7) is 0. The molecule has 11 heteroatoms. The Morgan fingerprint density at radius 3 is 1.18 bits per heavy atom. The van der Waals surface area contributed by atoms with Crippen molar-refractivity contribution in [1.82, 2.24) is 0 Å². The van der Waals surface area contributed by atoms with Gasteiger partial charge in [0, 0.05) is 0 Å². The van der Waals surface area contributed by atoms with E-state index in [-0.39, 0.29) is 26.2 Å². The molecule has 0 atom stereocenters. The summed E-state index contributed by atoms with van der Waals surface area (Å²) < 4.78 is 43.2. The van der Waals surface area contributed by atoms with Crippen LogP contribution in [0.25, 0.3) is 0 Å². The Balaban J connectivity index is -0.000000107. The van der Waals surface area contributed by atoms with Crippen LogP contribution in [0, 0.1) is 0 Å². The van der Waals surface area contributed by atoms with Gasteiger partial charge in [0.1, 0.15) is 0 Å². The normalized spacial score (nSPS) is 10.6. The van der Waals surface area contributed by atoms with Gasteiger partial charge in [0.15, 0.2) is 0 Å². The molecule has 0 unspecified atom stereocenters. The third-order valence-electron chi connectivity index (χ3n) is 0. The Morgan fingerprint density at radius 2 is 1.18 bits per heavy atom. The Bertz CT molecular complexity index is 192. The summed E-state index contributed by atoms with van der Waals surface area (Å²) in [5.41, 5.74) is 0. The van der Waals surface area contributed by atoms with E-state index in [9.17, 15) is 0 Å². The minimum absolute atomic E-state index is 0. The van der Waals surface area contributed by atoms with Crippen LogP contribution >= 0.6 is 7.82 Å². The van der Waals surface area contributed by atoms with Crippen LogP contribution in [0.15, 0.2) is 0 Å². The zero-order valence-corrected chi connectivity index (χ0v) is 10.0. The standard InChI is InChI=1S/Mo.H3O4P.4O.Zr/c;1-5(2,3)4;;;;;/h;(H3,1,2,3,4);;;;;/q;;;;2*-1;+4/p-2. The molecule has 0 rings (SSSR count). The second-order valence-corrected chi connectivity index (χ2v) is 3.82. The molecule has 64 valence electrons. The van der Waals surface area contributed by atoms with Gasteiger partial charge >= 0.3 is 57.3 Å². The van der Waals surface area contributed by atoms with Crippen molar-refractivity contribution in [3.8, 4) is 0 Å². The zero-order valence-electron chi connectivity index (χ0n) is 4.66. The van der Waals surface area contributed by atoms with Gasteiger partial charge in [-0.05, 0) is 0 Å². The first-order valence-corrected chi connectivity index (χ1v) is 6.19. The van der Waals surface area contributed by atoms with Crippen LogP contribution in [0.3, 0.4) is 0 Å². The third kappa shape index (κ3) is 657. The molecular weight excluding hydrogens is 346 g/mol. The second kappa shape index (κ2) is 6.69. The van der Waals surface area contributed by atoms with Gasteiger partial charge in [0.05, 0.1) is 7.82 Å². The van der Waals surface area contributed by atoms with Gasteiger partial charge in [-0.25, -0.2) is 0 Å². The van der Waals surface area contributed by atoms with Crippen LogP contribution in [0.5, 0.6) is 0 Å². The molecule has 8 nitrogen and oxygen atoms in total. The van der Waals surface area contributed by atoms with E-state index in [4.69, 9.17) is 33.6 Å².